The lowest BCUT2D eigenvalue weighted by Gasteiger charge is -2.31. The topological polar surface area (TPSA) is 67.3 Å². The van der Waals surface area contributed by atoms with E-state index in [0.29, 0.717) is 24.4 Å². The highest BCUT2D eigenvalue weighted by Crippen LogP contribution is 2.34. The predicted molar refractivity (Wildman–Crippen MR) is 84.0 cm³/mol. The Labute approximate surface area is 139 Å². The third-order valence-electron chi connectivity index (χ3n) is 4.54. The first kappa shape index (κ1) is 18.8. The lowest BCUT2D eigenvalue weighted by atomic mass is 9.82. The van der Waals surface area contributed by atoms with Gasteiger partial charge in [0.2, 0.25) is 0 Å². The van der Waals surface area contributed by atoms with Gasteiger partial charge in [0.25, 0.3) is 0 Å². The molecule has 2 rings (SSSR count). The first-order valence-corrected chi connectivity index (χ1v) is 8.24. The summed E-state index contributed by atoms with van der Waals surface area (Å²) < 4.78 is 42.7. The Morgan fingerprint density at radius 1 is 1.29 bits per heavy atom. The van der Waals surface area contributed by atoms with Crippen LogP contribution in [0.3, 0.4) is 0 Å². The minimum atomic E-state index is -4.53. The highest BCUT2D eigenvalue weighted by molar-refractivity contribution is 5.52. The van der Waals surface area contributed by atoms with E-state index in [1.807, 2.05) is 6.92 Å². The summed E-state index contributed by atoms with van der Waals surface area (Å²) in [6.45, 7) is 1.98. The molecule has 1 aliphatic rings. The zero-order chi connectivity index (χ0) is 17.7. The molecule has 0 spiro atoms. The monoisotopic (exact) mass is 347 g/mol. The molecule has 1 aliphatic carbocycles. The van der Waals surface area contributed by atoms with Crippen LogP contribution in [-0.4, -0.2) is 40.5 Å². The van der Waals surface area contributed by atoms with E-state index in [1.54, 1.807) is 7.11 Å². The third-order valence-corrected chi connectivity index (χ3v) is 4.54. The molecule has 1 saturated carbocycles. The summed E-state index contributed by atoms with van der Waals surface area (Å²) >= 11 is 0. The quantitative estimate of drug-likeness (QED) is 0.826. The second-order valence-electron chi connectivity index (χ2n) is 6.21. The van der Waals surface area contributed by atoms with Crippen molar-refractivity contribution in [2.24, 2.45) is 5.92 Å². The standard InChI is InChI=1S/C16H24F3N3O2/c1-3-12-14(24-2)15(21-9-20-12)22-11-6-4-10(5-7-11)8-13(23)16(17,18)19/h9-11,13,23H,3-8H2,1-2H3,(H,20,21,22). The summed E-state index contributed by atoms with van der Waals surface area (Å²) in [7, 11) is 1.57. The molecule has 1 fully saturated rings. The van der Waals surface area contributed by atoms with Crippen molar-refractivity contribution in [2.75, 3.05) is 12.4 Å². The molecule has 0 saturated heterocycles. The van der Waals surface area contributed by atoms with Gasteiger partial charge in [0.15, 0.2) is 11.6 Å². The molecule has 0 bridgehead atoms. The van der Waals surface area contributed by atoms with Crippen molar-refractivity contribution in [1.29, 1.82) is 0 Å². The van der Waals surface area contributed by atoms with E-state index in [2.05, 4.69) is 15.3 Å². The van der Waals surface area contributed by atoms with Gasteiger partial charge in [0, 0.05) is 6.04 Å². The van der Waals surface area contributed by atoms with Crippen molar-refractivity contribution in [2.45, 2.75) is 63.8 Å². The first-order valence-electron chi connectivity index (χ1n) is 8.24. The number of halogens is 3. The van der Waals surface area contributed by atoms with E-state index >= 15 is 0 Å². The fourth-order valence-electron chi connectivity index (χ4n) is 3.16. The highest BCUT2D eigenvalue weighted by Gasteiger charge is 2.39. The van der Waals surface area contributed by atoms with Crippen molar-refractivity contribution in [3.8, 4) is 5.75 Å². The van der Waals surface area contributed by atoms with E-state index in [9.17, 15) is 18.3 Å². The number of nitrogens with zero attached hydrogens (tertiary/aromatic N) is 2. The van der Waals surface area contributed by atoms with E-state index in [-0.39, 0.29) is 18.4 Å². The van der Waals surface area contributed by atoms with Crippen molar-refractivity contribution >= 4 is 5.82 Å². The number of anilines is 1. The molecule has 1 heterocycles. The van der Waals surface area contributed by atoms with Crippen molar-refractivity contribution < 1.29 is 23.0 Å². The van der Waals surface area contributed by atoms with E-state index in [1.165, 1.54) is 6.33 Å². The number of aliphatic hydroxyl groups is 1. The van der Waals surface area contributed by atoms with E-state index in [0.717, 1.165) is 25.0 Å². The number of rotatable bonds is 6. The maximum Gasteiger partial charge on any atom is 0.414 e. The van der Waals surface area contributed by atoms with Crippen LogP contribution in [0.1, 0.15) is 44.7 Å². The molecule has 5 nitrogen and oxygen atoms in total. The maximum absolute atomic E-state index is 12.4. The molecular weight excluding hydrogens is 323 g/mol. The van der Waals surface area contributed by atoms with Gasteiger partial charge >= 0.3 is 6.18 Å². The number of ether oxygens (including phenoxy) is 1. The Hall–Kier alpha value is -1.57. The second kappa shape index (κ2) is 8.00. The summed E-state index contributed by atoms with van der Waals surface area (Å²) in [5, 5.41) is 12.5. The van der Waals surface area contributed by atoms with Crippen LogP contribution in [0.5, 0.6) is 5.75 Å². The van der Waals surface area contributed by atoms with Gasteiger partial charge < -0.3 is 15.2 Å². The number of aromatic nitrogens is 2. The highest BCUT2D eigenvalue weighted by atomic mass is 19.4. The fourth-order valence-corrected chi connectivity index (χ4v) is 3.16. The molecule has 0 aliphatic heterocycles. The predicted octanol–water partition coefficient (Wildman–Crippen LogP) is 3.33. The summed E-state index contributed by atoms with van der Waals surface area (Å²) in [5.74, 6) is 1.15. The molecule has 1 atom stereocenters. The molecule has 1 aromatic rings. The lowest BCUT2D eigenvalue weighted by molar-refractivity contribution is -0.209. The minimum Gasteiger partial charge on any atom is -0.491 e. The van der Waals surface area contributed by atoms with Gasteiger partial charge in [0.1, 0.15) is 12.4 Å². The molecular formula is C16H24F3N3O2. The smallest absolute Gasteiger partial charge is 0.414 e. The Morgan fingerprint density at radius 3 is 2.50 bits per heavy atom. The number of methoxy groups -OCH3 is 1. The second-order valence-corrected chi connectivity index (χ2v) is 6.21. The molecule has 2 N–H and O–H groups in total. The van der Waals surface area contributed by atoms with Crippen molar-refractivity contribution in [3.05, 3.63) is 12.0 Å². The van der Waals surface area contributed by atoms with Gasteiger partial charge in [-0.3, -0.25) is 0 Å². The Kier molecular flexibility index (Phi) is 6.26. The van der Waals surface area contributed by atoms with Gasteiger partial charge in [-0.05, 0) is 44.4 Å². The van der Waals surface area contributed by atoms with Gasteiger partial charge in [-0.25, -0.2) is 9.97 Å². The summed E-state index contributed by atoms with van der Waals surface area (Å²) in [4.78, 5) is 8.39. The van der Waals surface area contributed by atoms with Gasteiger partial charge in [-0.1, -0.05) is 6.92 Å². The van der Waals surface area contributed by atoms with Crippen LogP contribution >= 0.6 is 0 Å². The number of hydrogen-bond acceptors (Lipinski definition) is 5. The summed E-state index contributed by atoms with van der Waals surface area (Å²) in [5.41, 5.74) is 0.817. The lowest BCUT2D eigenvalue weighted by Crippen LogP contribution is -2.33. The molecule has 0 amide bonds. The number of alkyl halides is 3. The molecule has 0 aromatic carbocycles. The minimum absolute atomic E-state index is 0.0989. The first-order chi connectivity index (χ1) is 11.3. The van der Waals surface area contributed by atoms with Crippen LogP contribution in [0.4, 0.5) is 19.0 Å². The number of hydrogen-bond donors (Lipinski definition) is 2. The number of nitrogens with one attached hydrogen (secondary N) is 1. The van der Waals surface area contributed by atoms with Crippen LogP contribution in [0.2, 0.25) is 0 Å². The van der Waals surface area contributed by atoms with Crippen LogP contribution in [0.25, 0.3) is 0 Å². The van der Waals surface area contributed by atoms with Crippen LogP contribution in [0.15, 0.2) is 6.33 Å². The average molecular weight is 347 g/mol. The largest absolute Gasteiger partial charge is 0.491 e. The zero-order valence-electron chi connectivity index (χ0n) is 13.9. The Bertz CT molecular complexity index is 532. The Morgan fingerprint density at radius 2 is 1.96 bits per heavy atom. The molecule has 8 heteroatoms. The SMILES string of the molecule is CCc1ncnc(NC2CCC(CC(O)C(F)(F)F)CC2)c1OC. The third kappa shape index (κ3) is 4.72. The van der Waals surface area contributed by atoms with Gasteiger partial charge in [0.05, 0.1) is 12.8 Å². The normalized spacial score (nSPS) is 22.9. The van der Waals surface area contributed by atoms with Gasteiger partial charge in [-0.2, -0.15) is 13.2 Å². The molecule has 1 unspecified atom stereocenters. The Balaban J connectivity index is 1.90. The van der Waals surface area contributed by atoms with Crippen molar-refractivity contribution in [3.63, 3.8) is 0 Å². The average Bonchev–Trinajstić information content (AvgIpc) is 2.55. The molecule has 136 valence electrons. The number of aliphatic hydroxyl groups excluding tert-OH is 1. The fraction of sp³-hybridized carbons (Fsp3) is 0.750. The maximum atomic E-state index is 12.4. The van der Waals surface area contributed by atoms with Gasteiger partial charge in [-0.15, -0.1) is 0 Å². The van der Waals surface area contributed by atoms with E-state index < -0.39 is 12.3 Å². The van der Waals surface area contributed by atoms with Crippen LogP contribution < -0.4 is 10.1 Å². The van der Waals surface area contributed by atoms with E-state index in [4.69, 9.17) is 4.74 Å². The van der Waals surface area contributed by atoms with Crippen LogP contribution in [-0.2, 0) is 6.42 Å². The van der Waals surface area contributed by atoms with Crippen molar-refractivity contribution in [1.82, 2.24) is 9.97 Å². The summed E-state index contributed by atoms with van der Waals surface area (Å²) in [6, 6.07) is 0.137. The van der Waals surface area contributed by atoms with Crippen LogP contribution in [0, 0.1) is 5.92 Å². The molecule has 1 aromatic heterocycles. The summed E-state index contributed by atoms with van der Waals surface area (Å²) in [6.07, 6.45) is -1.98. The molecule has 0 radical (unpaired) electrons. The number of aryl methyl sites for hydroxylation is 1. The molecule has 24 heavy (non-hydrogen) atoms. The zero-order valence-corrected chi connectivity index (χ0v) is 13.9.